The van der Waals surface area contributed by atoms with Crippen LogP contribution in [0, 0.1) is 23.2 Å². The van der Waals surface area contributed by atoms with Gasteiger partial charge in [0, 0.05) is 5.41 Å². The van der Waals surface area contributed by atoms with E-state index in [0.29, 0.717) is 5.78 Å². The van der Waals surface area contributed by atoms with Crippen molar-refractivity contribution in [1.82, 2.24) is 0 Å². The van der Waals surface area contributed by atoms with Crippen LogP contribution < -0.4 is 4.74 Å². The molecule has 1 heterocycles. The Balaban J connectivity index is 1.70. The first-order valence-electron chi connectivity index (χ1n) is 7.36. The van der Waals surface area contributed by atoms with Gasteiger partial charge in [-0.05, 0) is 67.7 Å². The summed E-state index contributed by atoms with van der Waals surface area (Å²) in [4.78, 5) is 13.9. The maximum absolute atomic E-state index is 13.1. The molecule has 3 heteroatoms. The van der Waals surface area contributed by atoms with Gasteiger partial charge < -0.3 is 4.74 Å². The van der Waals surface area contributed by atoms with Crippen LogP contribution in [0.1, 0.15) is 48.2 Å². The fourth-order valence-electron chi connectivity index (χ4n) is 5.25. The molecule has 2 nitrogen and oxygen atoms in total. The van der Waals surface area contributed by atoms with E-state index in [4.69, 9.17) is 4.74 Å². The van der Waals surface area contributed by atoms with Crippen LogP contribution in [0.4, 0.5) is 0 Å². The first-order chi connectivity index (χ1) is 9.20. The number of ketones is 1. The Bertz CT molecular complexity index is 481. The molecule has 0 radical (unpaired) electrons. The van der Waals surface area contributed by atoms with E-state index in [1.54, 1.807) is 18.4 Å². The van der Waals surface area contributed by atoms with E-state index in [9.17, 15) is 4.79 Å². The third kappa shape index (κ3) is 1.70. The Kier molecular flexibility index (Phi) is 2.57. The molecule has 0 aliphatic heterocycles. The van der Waals surface area contributed by atoms with E-state index in [2.05, 4.69) is 0 Å². The number of Topliss-reactive ketones (excluding diaryl/α,β-unsaturated/α-hetero) is 1. The van der Waals surface area contributed by atoms with Crippen molar-refractivity contribution in [3.8, 4) is 5.75 Å². The van der Waals surface area contributed by atoms with E-state index >= 15 is 0 Å². The summed E-state index contributed by atoms with van der Waals surface area (Å²) in [6.45, 7) is 0. The predicted molar refractivity (Wildman–Crippen MR) is 75.8 cm³/mol. The molecule has 0 aromatic carbocycles. The molecule has 1 aromatic rings. The average Bonchev–Trinajstić information content (AvgIpc) is 2.84. The summed E-state index contributed by atoms with van der Waals surface area (Å²) in [5.41, 5.74) is -0.0348. The first-order valence-corrected chi connectivity index (χ1v) is 8.24. The van der Waals surface area contributed by atoms with Gasteiger partial charge >= 0.3 is 0 Å². The molecule has 0 spiro atoms. The molecule has 4 saturated carbocycles. The molecule has 4 aliphatic rings. The van der Waals surface area contributed by atoms with Gasteiger partial charge in [0.1, 0.15) is 10.6 Å². The monoisotopic (exact) mass is 276 g/mol. The Hall–Kier alpha value is -0.830. The Labute approximate surface area is 118 Å². The zero-order valence-electron chi connectivity index (χ0n) is 11.4. The van der Waals surface area contributed by atoms with Gasteiger partial charge in [0.05, 0.1) is 7.11 Å². The minimum Gasteiger partial charge on any atom is -0.495 e. The summed E-state index contributed by atoms with van der Waals surface area (Å²) in [7, 11) is 1.67. The molecule has 0 N–H and O–H groups in total. The first kappa shape index (κ1) is 12.0. The molecule has 0 unspecified atom stereocenters. The quantitative estimate of drug-likeness (QED) is 0.775. The summed E-state index contributed by atoms with van der Waals surface area (Å²) in [5.74, 6) is 3.63. The molecule has 0 saturated heterocycles. The summed E-state index contributed by atoms with van der Waals surface area (Å²) in [5, 5.41) is 1.98. The lowest BCUT2D eigenvalue weighted by Gasteiger charge is -2.55. The summed E-state index contributed by atoms with van der Waals surface area (Å²) < 4.78 is 5.36. The van der Waals surface area contributed by atoms with Gasteiger partial charge in [0.25, 0.3) is 0 Å². The largest absolute Gasteiger partial charge is 0.495 e. The minimum absolute atomic E-state index is 0.0348. The standard InChI is InChI=1S/C16H20O2S/c1-18-13-2-3-19-14(13)15(17)16-7-10-4-11(8-16)6-12(5-10)9-16/h2-3,10-12H,4-9H2,1H3. The SMILES string of the molecule is COc1ccsc1C(=O)C12CC3CC(CC(C3)C1)C2. The van der Waals surface area contributed by atoms with Crippen LogP contribution in [-0.4, -0.2) is 12.9 Å². The highest BCUT2D eigenvalue weighted by Crippen LogP contribution is 2.61. The zero-order valence-corrected chi connectivity index (χ0v) is 12.2. The van der Waals surface area contributed by atoms with Gasteiger partial charge in [0.2, 0.25) is 0 Å². The van der Waals surface area contributed by atoms with Crippen LogP contribution in [0.15, 0.2) is 11.4 Å². The van der Waals surface area contributed by atoms with Crippen LogP contribution in [0.5, 0.6) is 5.75 Å². The van der Waals surface area contributed by atoms with Crippen molar-refractivity contribution in [3.63, 3.8) is 0 Å². The smallest absolute Gasteiger partial charge is 0.182 e. The third-order valence-electron chi connectivity index (χ3n) is 5.58. The molecule has 1 aromatic heterocycles. The maximum Gasteiger partial charge on any atom is 0.182 e. The van der Waals surface area contributed by atoms with Crippen LogP contribution in [0.2, 0.25) is 0 Å². The molecule has 4 fully saturated rings. The number of carbonyl (C=O) groups excluding carboxylic acids is 1. The summed E-state index contributed by atoms with van der Waals surface area (Å²) in [6, 6.07) is 1.93. The topological polar surface area (TPSA) is 26.3 Å². The summed E-state index contributed by atoms with van der Waals surface area (Å²) in [6.07, 6.45) is 7.56. The van der Waals surface area contributed by atoms with E-state index in [1.165, 1.54) is 19.3 Å². The van der Waals surface area contributed by atoms with Crippen LogP contribution >= 0.6 is 11.3 Å². The van der Waals surface area contributed by atoms with Crippen molar-refractivity contribution < 1.29 is 9.53 Å². The van der Waals surface area contributed by atoms with Crippen LogP contribution in [-0.2, 0) is 0 Å². The van der Waals surface area contributed by atoms with E-state index < -0.39 is 0 Å². The fourth-order valence-corrected chi connectivity index (χ4v) is 6.17. The second-order valence-corrected chi connectivity index (χ2v) is 7.76. The number of thiophene rings is 1. The number of carbonyl (C=O) groups is 1. The number of rotatable bonds is 3. The highest BCUT2D eigenvalue weighted by molar-refractivity contribution is 7.12. The number of ether oxygens (including phenoxy) is 1. The van der Waals surface area contributed by atoms with Gasteiger partial charge in [-0.25, -0.2) is 0 Å². The number of methoxy groups -OCH3 is 1. The molecular weight excluding hydrogens is 256 g/mol. The van der Waals surface area contributed by atoms with Gasteiger partial charge in [0.15, 0.2) is 5.78 Å². The third-order valence-corrected chi connectivity index (χ3v) is 6.47. The van der Waals surface area contributed by atoms with Crippen molar-refractivity contribution in [2.24, 2.45) is 23.2 Å². The highest BCUT2D eigenvalue weighted by atomic mass is 32.1. The van der Waals surface area contributed by atoms with Gasteiger partial charge in [-0.1, -0.05) is 0 Å². The number of hydrogen-bond acceptors (Lipinski definition) is 3. The molecular formula is C16H20O2S. The Morgan fingerprint density at radius 1 is 1.21 bits per heavy atom. The predicted octanol–water partition coefficient (Wildman–Crippen LogP) is 4.16. The van der Waals surface area contributed by atoms with Gasteiger partial charge in [-0.3, -0.25) is 4.79 Å². The molecule has 102 valence electrons. The lowest BCUT2D eigenvalue weighted by Crippen LogP contribution is -2.49. The van der Waals surface area contributed by atoms with Crippen molar-refractivity contribution in [2.75, 3.05) is 7.11 Å². The van der Waals surface area contributed by atoms with Crippen LogP contribution in [0.25, 0.3) is 0 Å². The van der Waals surface area contributed by atoms with Crippen molar-refractivity contribution >= 4 is 17.1 Å². The Morgan fingerprint density at radius 2 is 1.79 bits per heavy atom. The highest BCUT2D eigenvalue weighted by Gasteiger charge is 2.55. The molecule has 19 heavy (non-hydrogen) atoms. The van der Waals surface area contributed by atoms with E-state index in [0.717, 1.165) is 47.6 Å². The second kappa shape index (κ2) is 4.08. The molecule has 5 rings (SSSR count). The average molecular weight is 276 g/mol. The molecule has 0 atom stereocenters. The van der Waals surface area contributed by atoms with Crippen LogP contribution in [0.3, 0.4) is 0 Å². The fraction of sp³-hybridized carbons (Fsp3) is 0.688. The van der Waals surface area contributed by atoms with Crippen molar-refractivity contribution in [1.29, 1.82) is 0 Å². The normalized spacial score (nSPS) is 39.5. The Morgan fingerprint density at radius 3 is 2.32 bits per heavy atom. The summed E-state index contributed by atoms with van der Waals surface area (Å²) >= 11 is 1.56. The van der Waals surface area contributed by atoms with Gasteiger partial charge in [-0.15, -0.1) is 11.3 Å². The molecule has 0 amide bonds. The maximum atomic E-state index is 13.1. The van der Waals surface area contributed by atoms with Crippen molar-refractivity contribution in [2.45, 2.75) is 38.5 Å². The number of hydrogen-bond donors (Lipinski definition) is 0. The minimum atomic E-state index is -0.0348. The van der Waals surface area contributed by atoms with E-state index in [-0.39, 0.29) is 5.41 Å². The lowest BCUT2D eigenvalue weighted by molar-refractivity contribution is -0.0351. The van der Waals surface area contributed by atoms with Gasteiger partial charge in [-0.2, -0.15) is 0 Å². The zero-order chi connectivity index (χ0) is 13.0. The lowest BCUT2D eigenvalue weighted by atomic mass is 9.48. The van der Waals surface area contributed by atoms with Crippen molar-refractivity contribution in [3.05, 3.63) is 16.3 Å². The molecule has 4 aliphatic carbocycles. The second-order valence-electron chi connectivity index (χ2n) is 6.85. The van der Waals surface area contributed by atoms with E-state index in [1.807, 2.05) is 11.4 Å². The molecule has 4 bridgehead atoms.